The Bertz CT molecular complexity index is 2130. The van der Waals surface area contributed by atoms with Crippen molar-refractivity contribution >= 4 is 66.4 Å². The summed E-state index contributed by atoms with van der Waals surface area (Å²) >= 11 is 6.65. The van der Waals surface area contributed by atoms with E-state index in [4.69, 9.17) is 25.2 Å². The summed E-state index contributed by atoms with van der Waals surface area (Å²) in [5.41, 5.74) is 2.02. The fourth-order valence-electron chi connectivity index (χ4n) is 5.14. The van der Waals surface area contributed by atoms with Crippen molar-refractivity contribution in [3.05, 3.63) is 87.9 Å². The molecule has 2 aromatic carbocycles. The number of pyridine rings is 2. The zero-order valence-corrected chi connectivity index (χ0v) is 21.0. The second-order valence-corrected chi connectivity index (χ2v) is 9.79. The molecule has 0 aliphatic heterocycles. The lowest BCUT2D eigenvalue weighted by molar-refractivity contribution is 0.242. The van der Waals surface area contributed by atoms with E-state index in [9.17, 15) is 4.79 Å². The van der Waals surface area contributed by atoms with E-state index in [1.807, 2.05) is 44.2 Å². The third kappa shape index (κ3) is 3.37. The summed E-state index contributed by atoms with van der Waals surface area (Å²) in [5.74, 6) is 0.236. The molecule has 0 amide bonds. The first-order chi connectivity index (χ1) is 18.4. The molecule has 38 heavy (non-hydrogen) atoms. The average Bonchev–Trinajstić information content (AvgIpc) is 3.49. The molecular weight excluding hydrogens is 509 g/mol. The van der Waals surface area contributed by atoms with Crippen LogP contribution in [0.3, 0.4) is 0 Å². The minimum Gasteiger partial charge on any atom is -0.491 e. The van der Waals surface area contributed by atoms with Gasteiger partial charge in [-0.25, -0.2) is 19.2 Å². The molecule has 0 atom stereocenters. The Morgan fingerprint density at radius 3 is 2.82 bits per heavy atom. The Hall–Kier alpha value is -4.43. The van der Waals surface area contributed by atoms with Gasteiger partial charge in [-0.3, -0.25) is 0 Å². The van der Waals surface area contributed by atoms with Gasteiger partial charge in [0.1, 0.15) is 27.8 Å². The van der Waals surface area contributed by atoms with Crippen LogP contribution in [-0.4, -0.2) is 20.6 Å². The van der Waals surface area contributed by atoms with Gasteiger partial charge in [-0.15, -0.1) is 0 Å². The summed E-state index contributed by atoms with van der Waals surface area (Å²) in [6.45, 7) is 4.05. The summed E-state index contributed by atoms with van der Waals surface area (Å²) in [6.07, 6.45) is 3.01. The van der Waals surface area contributed by atoms with Gasteiger partial charge < -0.3 is 18.1 Å². The van der Waals surface area contributed by atoms with Gasteiger partial charge in [0.2, 0.25) is 5.71 Å². The van der Waals surface area contributed by atoms with Crippen LogP contribution in [0.2, 0.25) is 5.15 Å². The van der Waals surface area contributed by atoms with Crippen LogP contribution in [0.4, 0.5) is 4.39 Å². The Balaban J connectivity index is 1.52. The average molecular weight is 528 g/mol. The van der Waals surface area contributed by atoms with E-state index in [2.05, 4.69) is 9.97 Å². The second kappa shape index (κ2) is 8.29. The third-order valence-electron chi connectivity index (χ3n) is 6.66. The van der Waals surface area contributed by atoms with Gasteiger partial charge in [0.05, 0.1) is 40.7 Å². The molecule has 0 N–H and O–H groups in total. The lowest BCUT2D eigenvalue weighted by Gasteiger charge is -2.12. The van der Waals surface area contributed by atoms with Gasteiger partial charge in [0.15, 0.2) is 0 Å². The maximum Gasteiger partial charge on any atom is 0.362 e. The van der Waals surface area contributed by atoms with E-state index in [0.717, 1.165) is 5.39 Å². The quantitative estimate of drug-likeness (QED) is 0.225. The van der Waals surface area contributed by atoms with E-state index in [1.165, 1.54) is 12.3 Å². The minimum atomic E-state index is -0.595. The molecule has 0 unspecified atom stereocenters. The van der Waals surface area contributed by atoms with Gasteiger partial charge in [-0.05, 0) is 56.3 Å². The molecule has 0 radical (unpaired) electrons. The molecule has 9 heteroatoms. The van der Waals surface area contributed by atoms with Gasteiger partial charge in [-0.1, -0.05) is 11.6 Å². The molecule has 0 spiro atoms. The van der Waals surface area contributed by atoms with E-state index in [0.29, 0.717) is 49.5 Å². The smallest absolute Gasteiger partial charge is 0.362 e. The topological polar surface area (TPSA) is 83.3 Å². The summed E-state index contributed by atoms with van der Waals surface area (Å²) in [7, 11) is 0. The second-order valence-electron chi connectivity index (χ2n) is 9.43. The summed E-state index contributed by atoms with van der Waals surface area (Å²) in [4.78, 5) is 22.2. The Kier molecular flexibility index (Phi) is 4.96. The first-order valence-corrected chi connectivity index (χ1v) is 12.4. The van der Waals surface area contributed by atoms with Crippen molar-refractivity contribution in [2.45, 2.75) is 26.5 Å². The Labute approximate surface area is 219 Å². The number of halogens is 2. The van der Waals surface area contributed by atoms with Gasteiger partial charge >= 0.3 is 5.63 Å². The molecular formula is C29H19ClFN3O4. The Morgan fingerprint density at radius 1 is 1.11 bits per heavy atom. The van der Waals surface area contributed by atoms with Crippen LogP contribution >= 0.6 is 11.6 Å². The third-order valence-corrected chi connectivity index (χ3v) is 6.98. The van der Waals surface area contributed by atoms with E-state index in [-0.39, 0.29) is 29.0 Å². The normalized spacial score (nSPS) is 12.1. The van der Waals surface area contributed by atoms with E-state index >= 15 is 4.39 Å². The molecule has 0 bridgehead atoms. The lowest BCUT2D eigenvalue weighted by atomic mass is 10.1. The van der Waals surface area contributed by atoms with Crippen molar-refractivity contribution in [1.29, 1.82) is 0 Å². The molecule has 0 saturated carbocycles. The van der Waals surface area contributed by atoms with Crippen LogP contribution in [0.25, 0.3) is 54.8 Å². The number of aromatic nitrogens is 3. The predicted octanol–water partition coefficient (Wildman–Crippen LogP) is 7.22. The molecule has 7 rings (SSSR count). The SMILES string of the molecule is CC(C)Oc1ccc2cc(Cn3c4cc(F)c5ccoc5c4c4c5cccnc5oc(=O)c43)c(Cl)nc2c1. The first-order valence-electron chi connectivity index (χ1n) is 12.0. The molecule has 0 aliphatic rings. The first kappa shape index (κ1) is 22.7. The largest absolute Gasteiger partial charge is 0.491 e. The van der Waals surface area contributed by atoms with Crippen molar-refractivity contribution in [3.8, 4) is 5.75 Å². The molecule has 7 aromatic rings. The minimum absolute atomic E-state index is 0.0245. The van der Waals surface area contributed by atoms with Crippen molar-refractivity contribution in [3.63, 3.8) is 0 Å². The van der Waals surface area contributed by atoms with Crippen LogP contribution in [0.1, 0.15) is 19.4 Å². The standard InChI is InChI=1S/C29H19ClFN3O4/c1-14(2)37-17-6-5-15-10-16(27(30)33-21(15)11-17)13-34-22-12-20(31)18-7-9-36-26(18)24(22)23-19-4-3-8-32-28(19)38-29(35)25(23)34/h3-12,14H,13H2,1-2H3. The number of rotatable bonds is 4. The number of ether oxygens (including phenoxy) is 1. The highest BCUT2D eigenvalue weighted by Crippen LogP contribution is 2.39. The number of benzene rings is 2. The number of furan rings is 1. The molecule has 7 nitrogen and oxygen atoms in total. The molecule has 0 saturated heterocycles. The summed E-state index contributed by atoms with van der Waals surface area (Å²) in [6, 6.07) is 14.1. The van der Waals surface area contributed by atoms with Gasteiger partial charge in [0, 0.05) is 34.0 Å². The van der Waals surface area contributed by atoms with Crippen LogP contribution < -0.4 is 10.4 Å². The van der Waals surface area contributed by atoms with Crippen molar-refractivity contribution in [1.82, 2.24) is 14.5 Å². The Morgan fingerprint density at radius 2 is 1.97 bits per heavy atom. The maximum atomic E-state index is 15.2. The predicted molar refractivity (Wildman–Crippen MR) is 145 cm³/mol. The molecule has 0 aliphatic carbocycles. The molecule has 0 fully saturated rings. The van der Waals surface area contributed by atoms with Gasteiger partial charge in [-0.2, -0.15) is 0 Å². The molecule has 5 heterocycles. The monoisotopic (exact) mass is 527 g/mol. The summed E-state index contributed by atoms with van der Waals surface area (Å²) in [5, 5.41) is 3.25. The highest BCUT2D eigenvalue weighted by Gasteiger charge is 2.24. The van der Waals surface area contributed by atoms with E-state index < -0.39 is 11.4 Å². The fraction of sp³-hybridized carbons (Fsp3) is 0.138. The zero-order chi connectivity index (χ0) is 26.1. The summed E-state index contributed by atoms with van der Waals surface area (Å²) < 4.78 is 34.0. The highest BCUT2D eigenvalue weighted by molar-refractivity contribution is 6.30. The van der Waals surface area contributed by atoms with Crippen LogP contribution in [0.15, 0.2) is 74.6 Å². The van der Waals surface area contributed by atoms with Crippen LogP contribution in [0, 0.1) is 5.82 Å². The fourth-order valence-corrected chi connectivity index (χ4v) is 5.34. The van der Waals surface area contributed by atoms with Crippen LogP contribution in [0.5, 0.6) is 5.75 Å². The van der Waals surface area contributed by atoms with Crippen molar-refractivity contribution in [2.75, 3.05) is 0 Å². The highest BCUT2D eigenvalue weighted by atomic mass is 35.5. The number of nitrogens with zero attached hydrogens (tertiary/aromatic N) is 3. The molecule has 5 aromatic heterocycles. The van der Waals surface area contributed by atoms with Crippen molar-refractivity contribution in [2.24, 2.45) is 0 Å². The number of fused-ring (bicyclic) bond motifs is 8. The van der Waals surface area contributed by atoms with E-state index in [1.54, 1.807) is 22.9 Å². The van der Waals surface area contributed by atoms with Crippen molar-refractivity contribution < 1.29 is 18.0 Å². The zero-order valence-electron chi connectivity index (χ0n) is 20.3. The maximum absolute atomic E-state index is 15.2. The lowest BCUT2D eigenvalue weighted by Crippen LogP contribution is -2.09. The number of hydrogen-bond acceptors (Lipinski definition) is 6. The number of hydrogen-bond donors (Lipinski definition) is 0. The van der Waals surface area contributed by atoms with Gasteiger partial charge in [0.25, 0.3) is 0 Å². The van der Waals surface area contributed by atoms with Crippen LogP contribution in [-0.2, 0) is 6.54 Å². The molecule has 188 valence electrons.